The van der Waals surface area contributed by atoms with Crippen LogP contribution >= 0.6 is 22.7 Å². The van der Waals surface area contributed by atoms with E-state index < -0.39 is 0 Å². The molecule has 3 heterocycles. The molecule has 0 aromatic carbocycles. The highest BCUT2D eigenvalue weighted by atomic mass is 32.1. The molecule has 0 atom stereocenters. The van der Waals surface area contributed by atoms with Crippen molar-refractivity contribution in [1.29, 1.82) is 0 Å². The number of hydrogen-bond donors (Lipinski definition) is 1. The van der Waals surface area contributed by atoms with Gasteiger partial charge in [0.25, 0.3) is 0 Å². The number of carbonyl (C=O) groups excluding carboxylic acids is 1. The molecule has 1 aliphatic rings. The Morgan fingerprint density at radius 2 is 2.00 bits per heavy atom. The average molecular weight is 337 g/mol. The van der Waals surface area contributed by atoms with Crippen LogP contribution in [-0.2, 0) is 11.3 Å². The van der Waals surface area contributed by atoms with E-state index in [-0.39, 0.29) is 5.91 Å². The molecule has 22 heavy (non-hydrogen) atoms. The standard InChI is InChI=1S/C14H19N5OS2/c1-10-8-22-14(15-10)19-5-3-18(4-6-19)7-12-9-21-13(17-12)16-11(2)20/h8-9H,3-7H2,1-2H3,(H,16,17,20). The van der Waals surface area contributed by atoms with Crippen molar-refractivity contribution in [2.45, 2.75) is 20.4 Å². The van der Waals surface area contributed by atoms with Crippen molar-refractivity contribution in [2.75, 3.05) is 36.4 Å². The average Bonchev–Trinajstić information content (AvgIpc) is 3.09. The van der Waals surface area contributed by atoms with E-state index in [4.69, 9.17) is 0 Å². The zero-order chi connectivity index (χ0) is 15.5. The summed E-state index contributed by atoms with van der Waals surface area (Å²) in [6.07, 6.45) is 0. The Morgan fingerprint density at radius 1 is 1.23 bits per heavy atom. The second kappa shape index (κ2) is 6.72. The first-order valence-corrected chi connectivity index (χ1v) is 8.97. The monoisotopic (exact) mass is 337 g/mol. The number of anilines is 2. The third-order valence-corrected chi connectivity index (χ3v) is 5.30. The zero-order valence-electron chi connectivity index (χ0n) is 12.7. The maximum atomic E-state index is 11.0. The van der Waals surface area contributed by atoms with Crippen molar-refractivity contribution in [3.05, 3.63) is 22.1 Å². The maximum absolute atomic E-state index is 11.0. The van der Waals surface area contributed by atoms with Crippen molar-refractivity contribution in [1.82, 2.24) is 14.9 Å². The summed E-state index contributed by atoms with van der Waals surface area (Å²) in [7, 11) is 0. The van der Waals surface area contributed by atoms with Gasteiger partial charge in [-0.15, -0.1) is 22.7 Å². The number of nitrogens with zero attached hydrogens (tertiary/aromatic N) is 4. The van der Waals surface area contributed by atoms with E-state index >= 15 is 0 Å². The lowest BCUT2D eigenvalue weighted by Gasteiger charge is -2.34. The Morgan fingerprint density at radius 3 is 2.64 bits per heavy atom. The summed E-state index contributed by atoms with van der Waals surface area (Å²) in [6, 6.07) is 0. The number of aromatic nitrogens is 2. The molecule has 0 spiro atoms. The normalized spacial score (nSPS) is 16.0. The second-order valence-electron chi connectivity index (χ2n) is 5.36. The number of aryl methyl sites for hydroxylation is 1. The van der Waals surface area contributed by atoms with Gasteiger partial charge in [0.15, 0.2) is 10.3 Å². The van der Waals surface area contributed by atoms with Gasteiger partial charge in [-0.25, -0.2) is 9.97 Å². The largest absolute Gasteiger partial charge is 0.346 e. The first-order valence-electron chi connectivity index (χ1n) is 7.21. The van der Waals surface area contributed by atoms with Crippen molar-refractivity contribution < 1.29 is 4.79 Å². The molecular formula is C14H19N5OS2. The SMILES string of the molecule is CC(=O)Nc1nc(CN2CCN(c3nc(C)cs3)CC2)cs1. The van der Waals surface area contributed by atoms with E-state index in [1.165, 1.54) is 18.3 Å². The predicted molar refractivity (Wildman–Crippen MR) is 90.8 cm³/mol. The summed E-state index contributed by atoms with van der Waals surface area (Å²) in [4.78, 5) is 24.8. The van der Waals surface area contributed by atoms with Gasteiger partial charge >= 0.3 is 0 Å². The topological polar surface area (TPSA) is 61.4 Å². The van der Waals surface area contributed by atoms with Crippen LogP contribution in [-0.4, -0.2) is 47.0 Å². The molecule has 8 heteroatoms. The summed E-state index contributed by atoms with van der Waals surface area (Å²) in [5.41, 5.74) is 2.11. The highest BCUT2D eigenvalue weighted by molar-refractivity contribution is 7.14. The molecule has 0 radical (unpaired) electrons. The third kappa shape index (κ3) is 3.82. The predicted octanol–water partition coefficient (Wildman–Crippen LogP) is 2.19. The molecule has 1 fully saturated rings. The molecule has 118 valence electrons. The lowest BCUT2D eigenvalue weighted by Crippen LogP contribution is -2.46. The van der Waals surface area contributed by atoms with E-state index in [1.807, 2.05) is 12.3 Å². The smallest absolute Gasteiger partial charge is 0.223 e. The van der Waals surface area contributed by atoms with Gasteiger partial charge in [-0.2, -0.15) is 0 Å². The van der Waals surface area contributed by atoms with E-state index in [2.05, 4.69) is 30.5 Å². The number of rotatable bonds is 4. The third-order valence-electron chi connectivity index (χ3n) is 3.47. The summed E-state index contributed by atoms with van der Waals surface area (Å²) < 4.78 is 0. The number of carbonyl (C=O) groups is 1. The highest BCUT2D eigenvalue weighted by Gasteiger charge is 2.19. The maximum Gasteiger partial charge on any atom is 0.223 e. The quantitative estimate of drug-likeness (QED) is 0.927. The van der Waals surface area contributed by atoms with Crippen molar-refractivity contribution in [3.8, 4) is 0 Å². The molecule has 1 amide bonds. The van der Waals surface area contributed by atoms with Crippen molar-refractivity contribution in [3.63, 3.8) is 0 Å². The van der Waals surface area contributed by atoms with Gasteiger partial charge in [0, 0.05) is 50.4 Å². The summed E-state index contributed by atoms with van der Waals surface area (Å²) in [5, 5.41) is 8.65. The Hall–Kier alpha value is -1.51. The number of amides is 1. The molecule has 6 nitrogen and oxygen atoms in total. The molecule has 1 N–H and O–H groups in total. The molecule has 0 aliphatic carbocycles. The zero-order valence-corrected chi connectivity index (χ0v) is 14.3. The minimum absolute atomic E-state index is 0.0757. The Bertz CT molecular complexity index is 645. The molecule has 0 saturated carbocycles. The van der Waals surface area contributed by atoms with Gasteiger partial charge < -0.3 is 10.2 Å². The van der Waals surface area contributed by atoms with Crippen LogP contribution < -0.4 is 10.2 Å². The lowest BCUT2D eigenvalue weighted by atomic mass is 10.3. The molecule has 0 bridgehead atoms. The second-order valence-corrected chi connectivity index (χ2v) is 7.05. The van der Waals surface area contributed by atoms with Crippen LogP contribution in [0.3, 0.4) is 0 Å². The van der Waals surface area contributed by atoms with Crippen LogP contribution in [0.2, 0.25) is 0 Å². The Balaban J connectivity index is 1.51. The summed E-state index contributed by atoms with van der Waals surface area (Å²) in [5.74, 6) is -0.0757. The summed E-state index contributed by atoms with van der Waals surface area (Å²) in [6.45, 7) is 8.37. The van der Waals surface area contributed by atoms with Crippen LogP contribution in [0.25, 0.3) is 0 Å². The van der Waals surface area contributed by atoms with Crippen LogP contribution in [0.4, 0.5) is 10.3 Å². The molecule has 2 aromatic heterocycles. The number of hydrogen-bond acceptors (Lipinski definition) is 7. The number of thiazole rings is 2. The van der Waals surface area contributed by atoms with E-state index in [0.29, 0.717) is 5.13 Å². The fourth-order valence-corrected chi connectivity index (χ4v) is 4.01. The van der Waals surface area contributed by atoms with Gasteiger partial charge in [0.05, 0.1) is 11.4 Å². The van der Waals surface area contributed by atoms with Gasteiger partial charge in [-0.3, -0.25) is 9.69 Å². The van der Waals surface area contributed by atoms with Crippen molar-refractivity contribution in [2.24, 2.45) is 0 Å². The van der Waals surface area contributed by atoms with Crippen molar-refractivity contribution >= 4 is 38.8 Å². The summed E-state index contributed by atoms with van der Waals surface area (Å²) >= 11 is 3.19. The first kappa shape index (κ1) is 15.4. The van der Waals surface area contributed by atoms with Crippen LogP contribution in [0.15, 0.2) is 10.8 Å². The van der Waals surface area contributed by atoms with Crippen LogP contribution in [0, 0.1) is 6.92 Å². The number of piperazine rings is 1. The number of nitrogens with one attached hydrogen (secondary N) is 1. The highest BCUT2D eigenvalue weighted by Crippen LogP contribution is 2.22. The lowest BCUT2D eigenvalue weighted by molar-refractivity contribution is -0.114. The van der Waals surface area contributed by atoms with Crippen LogP contribution in [0.5, 0.6) is 0 Å². The molecule has 2 aromatic rings. The van der Waals surface area contributed by atoms with E-state index in [1.54, 1.807) is 11.3 Å². The minimum atomic E-state index is -0.0757. The molecule has 1 saturated heterocycles. The first-order chi connectivity index (χ1) is 10.6. The van der Waals surface area contributed by atoms with Crippen LogP contribution in [0.1, 0.15) is 18.3 Å². The van der Waals surface area contributed by atoms with Gasteiger partial charge in [0.1, 0.15) is 0 Å². The van der Waals surface area contributed by atoms with Gasteiger partial charge in [-0.1, -0.05) is 0 Å². The van der Waals surface area contributed by atoms with Gasteiger partial charge in [-0.05, 0) is 6.92 Å². The fraction of sp³-hybridized carbons (Fsp3) is 0.500. The molecule has 1 aliphatic heterocycles. The van der Waals surface area contributed by atoms with E-state index in [9.17, 15) is 4.79 Å². The van der Waals surface area contributed by atoms with E-state index in [0.717, 1.165) is 49.2 Å². The van der Waals surface area contributed by atoms with Gasteiger partial charge in [0.2, 0.25) is 5.91 Å². The Labute approximate surface area is 137 Å². The molecule has 3 rings (SSSR count). The Kier molecular flexibility index (Phi) is 4.70. The molecule has 0 unspecified atom stereocenters. The minimum Gasteiger partial charge on any atom is -0.346 e. The fourth-order valence-electron chi connectivity index (χ4n) is 2.40. The molecular weight excluding hydrogens is 318 g/mol.